The number of nitrogens with one attached hydrogen (secondary N) is 2. The molecule has 0 atom stereocenters. The predicted molar refractivity (Wildman–Crippen MR) is 78.7 cm³/mol. The van der Waals surface area contributed by atoms with Crippen LogP contribution >= 0.6 is 11.6 Å². The largest absolute Gasteiger partial charge is 0.493 e. The Morgan fingerprint density at radius 1 is 1.50 bits per heavy atom. The van der Waals surface area contributed by atoms with Gasteiger partial charge in [-0.3, -0.25) is 10.2 Å². The van der Waals surface area contributed by atoms with Crippen LogP contribution in [0, 0.1) is 0 Å². The van der Waals surface area contributed by atoms with Crippen molar-refractivity contribution >= 4 is 23.5 Å². The Kier molecular flexibility index (Phi) is 4.73. The summed E-state index contributed by atoms with van der Waals surface area (Å²) in [6, 6.07) is 7.49. The molecule has 7 heteroatoms. The van der Waals surface area contributed by atoms with E-state index in [-0.39, 0.29) is 5.02 Å². The molecule has 0 saturated carbocycles. The first-order chi connectivity index (χ1) is 9.72. The van der Waals surface area contributed by atoms with E-state index in [1.54, 1.807) is 6.21 Å². The van der Waals surface area contributed by atoms with Gasteiger partial charge in [-0.25, -0.2) is 5.10 Å². The van der Waals surface area contributed by atoms with E-state index < -0.39 is 5.56 Å². The van der Waals surface area contributed by atoms with Crippen molar-refractivity contribution < 1.29 is 4.74 Å². The van der Waals surface area contributed by atoms with Gasteiger partial charge in [0.25, 0.3) is 5.56 Å². The number of H-pyrrole nitrogens is 1. The summed E-state index contributed by atoms with van der Waals surface area (Å²) in [7, 11) is 0. The first kappa shape index (κ1) is 14.1. The third-order valence-corrected chi connectivity index (χ3v) is 2.78. The van der Waals surface area contributed by atoms with Crippen molar-refractivity contribution in [1.82, 2.24) is 10.2 Å². The standard InChI is InChI=1S/C13H13ClN4O2/c1-2-20-11-6-4-3-5-9(11)7-15-17-10-8-16-18-13(19)12(10)14/h3-8H,2H2,1H3,(H2,17,18,19). The minimum absolute atomic E-state index is 0.00948. The summed E-state index contributed by atoms with van der Waals surface area (Å²) in [5.74, 6) is 0.732. The second-order valence-electron chi connectivity index (χ2n) is 3.77. The molecule has 1 aromatic carbocycles. The van der Waals surface area contributed by atoms with Gasteiger partial charge in [0.15, 0.2) is 0 Å². The monoisotopic (exact) mass is 292 g/mol. The van der Waals surface area contributed by atoms with Crippen LogP contribution in [0.2, 0.25) is 5.02 Å². The van der Waals surface area contributed by atoms with Crippen LogP contribution in [0.3, 0.4) is 0 Å². The number of hydrazone groups is 1. The van der Waals surface area contributed by atoms with Crippen molar-refractivity contribution in [3.8, 4) is 5.75 Å². The third-order valence-electron chi connectivity index (χ3n) is 2.40. The van der Waals surface area contributed by atoms with Crippen molar-refractivity contribution in [2.75, 3.05) is 12.0 Å². The minimum Gasteiger partial charge on any atom is -0.493 e. The van der Waals surface area contributed by atoms with E-state index in [0.29, 0.717) is 12.3 Å². The van der Waals surface area contributed by atoms with Crippen molar-refractivity contribution in [2.45, 2.75) is 6.92 Å². The third kappa shape index (κ3) is 3.36. The zero-order chi connectivity index (χ0) is 14.4. The SMILES string of the molecule is CCOc1ccccc1C=NNc1cn[nH]c(=O)c1Cl. The zero-order valence-electron chi connectivity index (χ0n) is 10.8. The smallest absolute Gasteiger partial charge is 0.285 e. The highest BCUT2D eigenvalue weighted by Gasteiger charge is 2.03. The Balaban J connectivity index is 2.14. The van der Waals surface area contributed by atoms with E-state index in [4.69, 9.17) is 16.3 Å². The molecule has 2 rings (SSSR count). The highest BCUT2D eigenvalue weighted by Crippen LogP contribution is 2.17. The summed E-state index contributed by atoms with van der Waals surface area (Å²) in [5, 5.41) is 9.89. The average Bonchev–Trinajstić information content (AvgIpc) is 2.45. The molecule has 0 amide bonds. The van der Waals surface area contributed by atoms with Gasteiger partial charge in [-0.15, -0.1) is 0 Å². The average molecular weight is 293 g/mol. The van der Waals surface area contributed by atoms with Crippen LogP contribution in [0.15, 0.2) is 40.4 Å². The fourth-order valence-corrected chi connectivity index (χ4v) is 1.64. The number of hydrogen-bond acceptors (Lipinski definition) is 5. The summed E-state index contributed by atoms with van der Waals surface area (Å²) in [6.45, 7) is 2.48. The van der Waals surface area contributed by atoms with Crippen LogP contribution in [-0.4, -0.2) is 23.0 Å². The van der Waals surface area contributed by atoms with Crippen molar-refractivity contribution in [2.24, 2.45) is 5.10 Å². The van der Waals surface area contributed by atoms with Crippen LogP contribution in [0.1, 0.15) is 12.5 Å². The number of aromatic amines is 1. The number of anilines is 1. The fourth-order valence-electron chi connectivity index (χ4n) is 1.51. The maximum absolute atomic E-state index is 11.3. The summed E-state index contributed by atoms with van der Waals surface area (Å²) in [4.78, 5) is 11.3. The fraction of sp³-hybridized carbons (Fsp3) is 0.154. The van der Waals surface area contributed by atoms with Gasteiger partial charge in [0.05, 0.1) is 19.0 Å². The molecule has 20 heavy (non-hydrogen) atoms. The molecular weight excluding hydrogens is 280 g/mol. The molecule has 0 aliphatic heterocycles. The van der Waals surface area contributed by atoms with Crippen molar-refractivity contribution in [3.63, 3.8) is 0 Å². The molecule has 6 nitrogen and oxygen atoms in total. The number of ether oxygens (including phenoxy) is 1. The summed E-state index contributed by atoms with van der Waals surface area (Å²) >= 11 is 5.81. The number of para-hydroxylation sites is 1. The van der Waals surface area contributed by atoms with Crippen LogP contribution in [-0.2, 0) is 0 Å². The van der Waals surface area contributed by atoms with Gasteiger partial charge < -0.3 is 4.74 Å². The molecular formula is C13H13ClN4O2. The highest BCUT2D eigenvalue weighted by atomic mass is 35.5. The molecule has 0 radical (unpaired) electrons. The lowest BCUT2D eigenvalue weighted by molar-refractivity contribution is 0.340. The molecule has 0 fully saturated rings. The van der Waals surface area contributed by atoms with E-state index in [2.05, 4.69) is 20.7 Å². The molecule has 2 aromatic rings. The quantitative estimate of drug-likeness (QED) is 0.654. The van der Waals surface area contributed by atoms with Gasteiger partial charge in [-0.2, -0.15) is 10.2 Å². The highest BCUT2D eigenvalue weighted by molar-refractivity contribution is 6.32. The van der Waals surface area contributed by atoms with Gasteiger partial charge in [0, 0.05) is 5.56 Å². The Bertz CT molecular complexity index is 669. The van der Waals surface area contributed by atoms with Crippen LogP contribution in [0.4, 0.5) is 5.69 Å². The Morgan fingerprint density at radius 3 is 3.10 bits per heavy atom. The lowest BCUT2D eigenvalue weighted by Crippen LogP contribution is -2.10. The lowest BCUT2D eigenvalue weighted by Gasteiger charge is -2.06. The summed E-state index contributed by atoms with van der Waals surface area (Å²) in [5.41, 5.74) is 3.35. The Morgan fingerprint density at radius 2 is 2.30 bits per heavy atom. The number of rotatable bonds is 5. The van der Waals surface area contributed by atoms with Gasteiger partial charge in [0.1, 0.15) is 16.5 Å². The Labute approximate surface area is 120 Å². The Hall–Kier alpha value is -2.34. The maximum atomic E-state index is 11.3. The molecule has 0 aliphatic rings. The van der Waals surface area contributed by atoms with Crippen LogP contribution in [0.25, 0.3) is 0 Å². The van der Waals surface area contributed by atoms with Crippen LogP contribution in [0.5, 0.6) is 5.75 Å². The maximum Gasteiger partial charge on any atom is 0.285 e. The second-order valence-corrected chi connectivity index (χ2v) is 4.15. The number of halogens is 1. The van der Waals surface area contributed by atoms with E-state index in [1.165, 1.54) is 6.20 Å². The topological polar surface area (TPSA) is 79.4 Å². The number of hydrogen-bond donors (Lipinski definition) is 2. The van der Waals surface area contributed by atoms with Gasteiger partial charge in [-0.1, -0.05) is 23.7 Å². The molecule has 0 spiro atoms. The predicted octanol–water partition coefficient (Wildman–Crippen LogP) is 2.27. The van der Waals surface area contributed by atoms with E-state index >= 15 is 0 Å². The minimum atomic E-state index is -0.471. The zero-order valence-corrected chi connectivity index (χ0v) is 11.5. The van der Waals surface area contributed by atoms with Gasteiger partial charge in [0.2, 0.25) is 0 Å². The van der Waals surface area contributed by atoms with E-state index in [1.807, 2.05) is 31.2 Å². The normalized spacial score (nSPS) is 10.7. The number of aromatic nitrogens is 2. The number of benzene rings is 1. The molecule has 1 aromatic heterocycles. The van der Waals surface area contributed by atoms with Gasteiger partial charge >= 0.3 is 0 Å². The van der Waals surface area contributed by atoms with E-state index in [0.717, 1.165) is 11.3 Å². The molecule has 0 unspecified atom stereocenters. The first-order valence-electron chi connectivity index (χ1n) is 5.96. The second kappa shape index (κ2) is 6.72. The van der Waals surface area contributed by atoms with Gasteiger partial charge in [-0.05, 0) is 19.1 Å². The van der Waals surface area contributed by atoms with Crippen molar-refractivity contribution in [3.05, 3.63) is 51.4 Å². The van der Waals surface area contributed by atoms with Crippen LogP contribution < -0.4 is 15.7 Å². The molecule has 0 saturated heterocycles. The first-order valence-corrected chi connectivity index (χ1v) is 6.34. The number of nitrogens with zero attached hydrogens (tertiary/aromatic N) is 2. The molecule has 2 N–H and O–H groups in total. The molecule has 1 heterocycles. The summed E-state index contributed by atoms with van der Waals surface area (Å²) in [6.07, 6.45) is 2.97. The molecule has 104 valence electrons. The summed E-state index contributed by atoms with van der Waals surface area (Å²) < 4.78 is 5.47. The lowest BCUT2D eigenvalue weighted by atomic mass is 10.2. The van der Waals surface area contributed by atoms with Crippen molar-refractivity contribution in [1.29, 1.82) is 0 Å². The molecule has 0 bridgehead atoms. The molecule has 0 aliphatic carbocycles. The van der Waals surface area contributed by atoms with E-state index in [9.17, 15) is 4.79 Å².